The van der Waals surface area contributed by atoms with Crippen LogP contribution in [0.3, 0.4) is 0 Å². The minimum atomic E-state index is -0.421. The molecule has 3 amide bonds. The van der Waals surface area contributed by atoms with Crippen molar-refractivity contribution < 1.29 is 14.0 Å². The van der Waals surface area contributed by atoms with E-state index in [9.17, 15) is 14.0 Å². The van der Waals surface area contributed by atoms with Gasteiger partial charge < -0.3 is 10.2 Å². The molecule has 5 nitrogen and oxygen atoms in total. The van der Waals surface area contributed by atoms with Crippen molar-refractivity contribution in [1.82, 2.24) is 15.1 Å². The Labute approximate surface area is 148 Å². The van der Waals surface area contributed by atoms with Crippen LogP contribution in [0.4, 0.5) is 9.18 Å². The summed E-state index contributed by atoms with van der Waals surface area (Å²) in [5.41, 5.74) is 3.11. The van der Waals surface area contributed by atoms with E-state index in [1.165, 1.54) is 28.4 Å². The van der Waals surface area contributed by atoms with E-state index in [1.54, 1.807) is 24.1 Å². The molecule has 0 saturated heterocycles. The summed E-state index contributed by atoms with van der Waals surface area (Å²) in [6, 6.07) is 7.39. The first-order valence-corrected chi connectivity index (χ1v) is 8.82. The Hall–Kier alpha value is -2.67. The standard InChI is InChI=1S/C18H16FN3O2S/c1-21-14-9-22(8-11-2-4-13(19)5-3-11)17(23)15(14)16(20-18(21)24)12-6-7-25-10-12/h2-7,10,16H,8-9H2,1H3,(H,20,24)/t16-/m0/s1. The van der Waals surface area contributed by atoms with Crippen LogP contribution in [0.2, 0.25) is 0 Å². The summed E-state index contributed by atoms with van der Waals surface area (Å²) < 4.78 is 13.1. The van der Waals surface area contributed by atoms with Crippen molar-refractivity contribution in [2.45, 2.75) is 12.6 Å². The Morgan fingerprint density at radius 3 is 2.68 bits per heavy atom. The number of nitrogens with one attached hydrogen (secondary N) is 1. The first kappa shape index (κ1) is 15.8. The van der Waals surface area contributed by atoms with Gasteiger partial charge in [0.05, 0.1) is 23.9 Å². The number of carbonyl (C=O) groups excluding carboxylic acids is 2. The minimum absolute atomic E-state index is 0.0950. The fourth-order valence-electron chi connectivity index (χ4n) is 3.25. The molecule has 0 fully saturated rings. The summed E-state index contributed by atoms with van der Waals surface area (Å²) in [7, 11) is 1.67. The highest BCUT2D eigenvalue weighted by Gasteiger charge is 2.42. The number of rotatable bonds is 3. The maximum atomic E-state index is 13.1. The second kappa shape index (κ2) is 6.00. The zero-order chi connectivity index (χ0) is 17.6. The van der Waals surface area contributed by atoms with Gasteiger partial charge in [0, 0.05) is 13.6 Å². The average molecular weight is 357 g/mol. The molecule has 128 valence electrons. The summed E-state index contributed by atoms with van der Waals surface area (Å²) in [4.78, 5) is 28.4. The van der Waals surface area contributed by atoms with E-state index >= 15 is 0 Å². The summed E-state index contributed by atoms with van der Waals surface area (Å²) >= 11 is 1.53. The van der Waals surface area contributed by atoms with Crippen molar-refractivity contribution in [2.75, 3.05) is 13.6 Å². The second-order valence-electron chi connectivity index (χ2n) is 6.15. The smallest absolute Gasteiger partial charge is 0.322 e. The van der Waals surface area contributed by atoms with Crippen molar-refractivity contribution in [1.29, 1.82) is 0 Å². The molecule has 0 saturated carbocycles. The predicted octanol–water partition coefficient (Wildman–Crippen LogP) is 2.88. The third-order valence-electron chi connectivity index (χ3n) is 4.60. The fourth-order valence-corrected chi connectivity index (χ4v) is 3.94. The maximum Gasteiger partial charge on any atom is 0.322 e. The van der Waals surface area contributed by atoms with Crippen LogP contribution in [0.15, 0.2) is 52.4 Å². The van der Waals surface area contributed by atoms with Crippen LogP contribution in [-0.2, 0) is 11.3 Å². The number of benzene rings is 1. The van der Waals surface area contributed by atoms with E-state index in [0.717, 1.165) is 16.8 Å². The van der Waals surface area contributed by atoms with Gasteiger partial charge in [0.15, 0.2) is 0 Å². The molecule has 1 N–H and O–H groups in total. The Morgan fingerprint density at radius 1 is 1.24 bits per heavy atom. The molecule has 0 radical (unpaired) electrons. The summed E-state index contributed by atoms with van der Waals surface area (Å²) in [5.74, 6) is -0.400. The van der Waals surface area contributed by atoms with Gasteiger partial charge >= 0.3 is 6.03 Å². The topological polar surface area (TPSA) is 52.7 Å². The molecule has 0 bridgehead atoms. The molecule has 4 rings (SSSR count). The largest absolute Gasteiger partial charge is 0.329 e. The number of hydrogen-bond acceptors (Lipinski definition) is 3. The molecule has 1 aromatic carbocycles. The van der Waals surface area contributed by atoms with Crippen LogP contribution in [0.25, 0.3) is 0 Å². The molecule has 0 unspecified atom stereocenters. The van der Waals surface area contributed by atoms with Gasteiger partial charge in [0.1, 0.15) is 5.82 Å². The first-order valence-electron chi connectivity index (χ1n) is 7.87. The van der Waals surface area contributed by atoms with Gasteiger partial charge in [-0.1, -0.05) is 12.1 Å². The summed E-state index contributed by atoms with van der Waals surface area (Å²) in [6.45, 7) is 0.751. The number of hydrogen-bond donors (Lipinski definition) is 1. The third kappa shape index (κ3) is 2.70. The van der Waals surface area contributed by atoms with Gasteiger partial charge in [-0.15, -0.1) is 0 Å². The predicted molar refractivity (Wildman–Crippen MR) is 92.2 cm³/mol. The van der Waals surface area contributed by atoms with E-state index in [4.69, 9.17) is 0 Å². The lowest BCUT2D eigenvalue weighted by Gasteiger charge is -2.30. The van der Waals surface area contributed by atoms with Crippen molar-refractivity contribution >= 4 is 23.3 Å². The number of thiophene rings is 1. The van der Waals surface area contributed by atoms with E-state index < -0.39 is 6.04 Å². The lowest BCUT2D eigenvalue weighted by Crippen LogP contribution is -2.45. The zero-order valence-corrected chi connectivity index (χ0v) is 14.3. The van der Waals surface area contributed by atoms with Gasteiger partial charge in [0.25, 0.3) is 5.91 Å². The maximum absolute atomic E-state index is 13.1. The van der Waals surface area contributed by atoms with E-state index in [-0.39, 0.29) is 17.8 Å². The van der Waals surface area contributed by atoms with Crippen LogP contribution < -0.4 is 5.32 Å². The number of nitrogens with zero attached hydrogens (tertiary/aromatic N) is 2. The van der Waals surface area contributed by atoms with Crippen LogP contribution in [-0.4, -0.2) is 35.3 Å². The van der Waals surface area contributed by atoms with Crippen LogP contribution in [0.5, 0.6) is 0 Å². The van der Waals surface area contributed by atoms with Crippen molar-refractivity contribution in [2.24, 2.45) is 0 Å². The van der Waals surface area contributed by atoms with Gasteiger partial charge in [-0.25, -0.2) is 9.18 Å². The fraction of sp³-hybridized carbons (Fsp3) is 0.222. The summed E-state index contributed by atoms with van der Waals surface area (Å²) in [6.07, 6.45) is 0. The Morgan fingerprint density at radius 2 is 2.00 bits per heavy atom. The first-order chi connectivity index (χ1) is 12.0. The van der Waals surface area contributed by atoms with Crippen LogP contribution in [0, 0.1) is 5.82 Å². The van der Waals surface area contributed by atoms with E-state index in [2.05, 4.69) is 5.32 Å². The highest BCUT2D eigenvalue weighted by atomic mass is 32.1. The molecule has 1 aromatic heterocycles. The van der Waals surface area contributed by atoms with Crippen molar-refractivity contribution in [3.63, 3.8) is 0 Å². The number of amides is 3. The SMILES string of the molecule is CN1C(=O)N[C@@H](c2ccsc2)C2=C1CN(Cc1ccc(F)cc1)C2=O. The highest BCUT2D eigenvalue weighted by molar-refractivity contribution is 7.08. The number of carbonyl (C=O) groups is 2. The quantitative estimate of drug-likeness (QED) is 0.918. The number of urea groups is 1. The molecule has 1 atom stereocenters. The van der Waals surface area contributed by atoms with E-state index in [1.807, 2.05) is 16.8 Å². The molecule has 0 aliphatic carbocycles. The summed E-state index contributed by atoms with van der Waals surface area (Å²) in [5, 5.41) is 6.77. The lowest BCUT2D eigenvalue weighted by atomic mass is 9.98. The Balaban J connectivity index is 1.64. The van der Waals surface area contributed by atoms with Crippen LogP contribution in [0.1, 0.15) is 17.2 Å². The monoisotopic (exact) mass is 357 g/mol. The molecule has 2 aliphatic rings. The average Bonchev–Trinajstić information content (AvgIpc) is 3.23. The highest BCUT2D eigenvalue weighted by Crippen LogP contribution is 2.36. The van der Waals surface area contributed by atoms with Crippen molar-refractivity contribution in [3.8, 4) is 0 Å². The number of likely N-dealkylation sites (N-methyl/N-ethyl adjacent to an activating group) is 1. The molecule has 7 heteroatoms. The second-order valence-corrected chi connectivity index (χ2v) is 6.93. The van der Waals surface area contributed by atoms with E-state index in [0.29, 0.717) is 18.7 Å². The third-order valence-corrected chi connectivity index (χ3v) is 5.30. The molecular weight excluding hydrogens is 341 g/mol. The van der Waals surface area contributed by atoms with Gasteiger partial charge in [-0.3, -0.25) is 9.69 Å². The molecule has 2 aromatic rings. The number of halogens is 1. The van der Waals surface area contributed by atoms with Gasteiger partial charge in [0.2, 0.25) is 0 Å². The lowest BCUT2D eigenvalue weighted by molar-refractivity contribution is -0.126. The van der Waals surface area contributed by atoms with Crippen molar-refractivity contribution in [3.05, 3.63) is 69.3 Å². The van der Waals surface area contributed by atoms with Gasteiger partial charge in [-0.05, 0) is 40.1 Å². The van der Waals surface area contributed by atoms with Crippen LogP contribution >= 0.6 is 11.3 Å². The normalized spacial score (nSPS) is 20.2. The molecular formula is C18H16FN3O2S. The molecule has 2 aliphatic heterocycles. The Kier molecular flexibility index (Phi) is 3.80. The zero-order valence-electron chi connectivity index (χ0n) is 13.5. The Bertz CT molecular complexity index is 861. The molecule has 0 spiro atoms. The van der Waals surface area contributed by atoms with Gasteiger partial charge in [-0.2, -0.15) is 11.3 Å². The molecule has 3 heterocycles. The molecule has 25 heavy (non-hydrogen) atoms. The minimum Gasteiger partial charge on any atom is -0.329 e.